The van der Waals surface area contributed by atoms with Crippen molar-refractivity contribution >= 4 is 35.2 Å². The van der Waals surface area contributed by atoms with Crippen LogP contribution in [-0.2, 0) is 9.53 Å². The van der Waals surface area contributed by atoms with E-state index in [4.69, 9.17) is 16.3 Å². The summed E-state index contributed by atoms with van der Waals surface area (Å²) in [6.07, 6.45) is 1.51. The highest BCUT2D eigenvalue weighted by Gasteiger charge is 2.26. The summed E-state index contributed by atoms with van der Waals surface area (Å²) < 4.78 is 5.12. The van der Waals surface area contributed by atoms with Crippen LogP contribution >= 0.6 is 11.6 Å². The number of rotatable bonds is 3. The molecule has 1 heterocycles. The molecule has 0 radical (unpaired) electrons. The fraction of sp³-hybridized carbons (Fsp3) is 0.0588. The fourth-order valence-corrected chi connectivity index (χ4v) is 2.40. The van der Waals surface area contributed by atoms with E-state index in [9.17, 15) is 14.9 Å². The minimum atomic E-state index is -0.631. The van der Waals surface area contributed by atoms with Crippen molar-refractivity contribution in [3.05, 3.63) is 80.0 Å². The topological polar surface area (TPSA) is 81.8 Å². The summed E-state index contributed by atoms with van der Waals surface area (Å²) in [6, 6.07) is 11.5. The van der Waals surface area contributed by atoms with Crippen molar-refractivity contribution in [1.29, 1.82) is 0 Å². The third-order valence-corrected chi connectivity index (χ3v) is 3.81. The maximum absolute atomic E-state index is 12.0. The number of halogens is 1. The molecule has 120 valence electrons. The van der Waals surface area contributed by atoms with Crippen LogP contribution < -0.4 is 0 Å². The fourth-order valence-electron chi connectivity index (χ4n) is 2.21. The van der Waals surface area contributed by atoms with E-state index in [2.05, 4.69) is 4.99 Å². The van der Waals surface area contributed by atoms with Crippen LogP contribution in [0.25, 0.3) is 6.08 Å². The maximum Gasteiger partial charge on any atom is 0.363 e. The lowest BCUT2D eigenvalue weighted by molar-refractivity contribution is -0.385. The molecule has 6 nitrogen and oxygen atoms in total. The van der Waals surface area contributed by atoms with Crippen LogP contribution in [0.5, 0.6) is 0 Å². The molecule has 2 aromatic carbocycles. The molecule has 0 bridgehead atoms. The molecule has 1 aliphatic heterocycles. The molecular weight excluding hydrogens is 332 g/mol. The van der Waals surface area contributed by atoms with Gasteiger partial charge in [0.2, 0.25) is 5.90 Å². The predicted molar refractivity (Wildman–Crippen MR) is 89.9 cm³/mol. The Kier molecular flexibility index (Phi) is 4.14. The van der Waals surface area contributed by atoms with Crippen LogP contribution in [0.3, 0.4) is 0 Å². The lowest BCUT2D eigenvalue weighted by atomic mass is 10.1. The molecule has 0 fully saturated rings. The van der Waals surface area contributed by atoms with Crippen molar-refractivity contribution in [1.82, 2.24) is 0 Å². The Morgan fingerprint density at radius 1 is 1.25 bits per heavy atom. The molecule has 3 rings (SSSR count). The SMILES string of the molecule is Cc1ccc(C2=N/C(=C/c3ccccc3Cl)C(=O)O2)cc1[N+](=O)[O-]. The zero-order chi connectivity index (χ0) is 17.3. The van der Waals surface area contributed by atoms with Crippen molar-refractivity contribution < 1.29 is 14.5 Å². The molecule has 1 aliphatic rings. The second kappa shape index (κ2) is 6.25. The molecular formula is C17H11ClN2O4. The van der Waals surface area contributed by atoms with Gasteiger partial charge in [0.25, 0.3) is 5.69 Å². The van der Waals surface area contributed by atoms with Crippen molar-refractivity contribution in [2.75, 3.05) is 0 Å². The number of nitrogens with zero attached hydrogens (tertiary/aromatic N) is 2. The monoisotopic (exact) mass is 342 g/mol. The van der Waals surface area contributed by atoms with E-state index in [1.54, 1.807) is 43.3 Å². The first-order valence-corrected chi connectivity index (χ1v) is 7.36. The second-order valence-corrected chi connectivity index (χ2v) is 5.52. The van der Waals surface area contributed by atoms with E-state index in [0.29, 0.717) is 21.7 Å². The Morgan fingerprint density at radius 3 is 2.71 bits per heavy atom. The van der Waals surface area contributed by atoms with E-state index in [1.165, 1.54) is 12.1 Å². The van der Waals surface area contributed by atoms with E-state index in [0.717, 1.165) is 0 Å². The standard InChI is InChI=1S/C17H11ClN2O4/c1-10-6-7-12(9-15(10)20(22)23)16-19-14(17(21)24-16)8-11-4-2-3-5-13(11)18/h2-9H,1H3/b14-8+. The van der Waals surface area contributed by atoms with Gasteiger partial charge in [-0.25, -0.2) is 9.79 Å². The molecule has 0 atom stereocenters. The quantitative estimate of drug-likeness (QED) is 0.366. The normalized spacial score (nSPS) is 15.3. The number of ether oxygens (including phenoxy) is 1. The number of esters is 1. The summed E-state index contributed by atoms with van der Waals surface area (Å²) in [5, 5.41) is 11.5. The maximum atomic E-state index is 12.0. The van der Waals surface area contributed by atoms with Gasteiger partial charge in [-0.15, -0.1) is 0 Å². The first-order chi connectivity index (χ1) is 11.5. The average molecular weight is 343 g/mol. The first kappa shape index (κ1) is 15.9. The van der Waals surface area contributed by atoms with Crippen LogP contribution in [0, 0.1) is 17.0 Å². The number of nitro benzene ring substituents is 1. The van der Waals surface area contributed by atoms with Crippen LogP contribution in [0.15, 0.2) is 53.2 Å². The van der Waals surface area contributed by atoms with Gasteiger partial charge in [-0.2, -0.15) is 0 Å². The number of carbonyl (C=O) groups is 1. The van der Waals surface area contributed by atoms with Crippen molar-refractivity contribution in [2.45, 2.75) is 6.92 Å². The summed E-state index contributed by atoms with van der Waals surface area (Å²) in [6.45, 7) is 1.63. The molecule has 2 aromatic rings. The number of hydrogen-bond donors (Lipinski definition) is 0. The third kappa shape index (κ3) is 3.04. The Balaban J connectivity index is 2.00. The van der Waals surface area contributed by atoms with Gasteiger partial charge in [-0.1, -0.05) is 35.9 Å². The predicted octanol–water partition coefficient (Wildman–Crippen LogP) is 3.90. The van der Waals surface area contributed by atoms with E-state index in [1.807, 2.05) is 0 Å². The smallest absolute Gasteiger partial charge is 0.363 e. The van der Waals surface area contributed by atoms with Crippen molar-refractivity contribution in [3.63, 3.8) is 0 Å². The highest BCUT2D eigenvalue weighted by atomic mass is 35.5. The number of benzene rings is 2. The number of aliphatic imine (C=N–C) groups is 1. The summed E-state index contributed by atoms with van der Waals surface area (Å²) >= 11 is 6.06. The van der Waals surface area contributed by atoms with E-state index < -0.39 is 10.9 Å². The lowest BCUT2D eigenvalue weighted by Crippen LogP contribution is -2.06. The van der Waals surface area contributed by atoms with Crippen LogP contribution in [0.1, 0.15) is 16.7 Å². The highest BCUT2D eigenvalue weighted by molar-refractivity contribution is 6.32. The Labute approximate surface area is 142 Å². The van der Waals surface area contributed by atoms with Crippen LogP contribution in [-0.4, -0.2) is 16.8 Å². The molecule has 0 N–H and O–H groups in total. The van der Waals surface area contributed by atoms with Gasteiger partial charge in [-0.3, -0.25) is 10.1 Å². The Bertz CT molecular complexity index is 919. The van der Waals surface area contributed by atoms with Gasteiger partial charge in [0.1, 0.15) is 0 Å². The Hall–Kier alpha value is -2.99. The van der Waals surface area contributed by atoms with Gasteiger partial charge in [0, 0.05) is 22.2 Å². The van der Waals surface area contributed by atoms with E-state index >= 15 is 0 Å². The molecule has 0 amide bonds. The molecule has 0 aliphatic carbocycles. The van der Waals surface area contributed by atoms with Crippen molar-refractivity contribution in [3.8, 4) is 0 Å². The number of cyclic esters (lactones) is 1. The van der Waals surface area contributed by atoms with Crippen molar-refractivity contribution in [2.24, 2.45) is 4.99 Å². The van der Waals surface area contributed by atoms with Crippen LogP contribution in [0.4, 0.5) is 5.69 Å². The third-order valence-electron chi connectivity index (χ3n) is 3.47. The van der Waals surface area contributed by atoms with Gasteiger partial charge in [0.15, 0.2) is 5.70 Å². The number of aryl methyl sites for hydroxylation is 1. The number of carbonyl (C=O) groups excluding carboxylic acids is 1. The molecule has 0 saturated heterocycles. The zero-order valence-corrected chi connectivity index (χ0v) is 13.3. The molecule has 0 spiro atoms. The van der Waals surface area contributed by atoms with Crippen LogP contribution in [0.2, 0.25) is 5.02 Å². The Morgan fingerprint density at radius 2 is 2.00 bits per heavy atom. The minimum absolute atomic E-state index is 0.0291. The molecule has 0 saturated carbocycles. The molecule has 7 heteroatoms. The summed E-state index contributed by atoms with van der Waals surface area (Å²) in [5.74, 6) is -0.602. The summed E-state index contributed by atoms with van der Waals surface area (Å²) in [7, 11) is 0. The molecule has 0 aromatic heterocycles. The van der Waals surface area contributed by atoms with Gasteiger partial charge in [0.05, 0.1) is 4.92 Å². The first-order valence-electron chi connectivity index (χ1n) is 6.98. The largest absolute Gasteiger partial charge is 0.402 e. The zero-order valence-electron chi connectivity index (χ0n) is 12.5. The van der Waals surface area contributed by atoms with Gasteiger partial charge in [-0.05, 0) is 30.7 Å². The summed E-state index contributed by atoms with van der Waals surface area (Å²) in [4.78, 5) is 26.6. The number of nitro groups is 1. The second-order valence-electron chi connectivity index (χ2n) is 5.12. The molecule has 24 heavy (non-hydrogen) atoms. The van der Waals surface area contributed by atoms with Gasteiger partial charge >= 0.3 is 5.97 Å². The average Bonchev–Trinajstić information content (AvgIpc) is 2.91. The number of hydrogen-bond acceptors (Lipinski definition) is 5. The lowest BCUT2D eigenvalue weighted by Gasteiger charge is -2.01. The minimum Gasteiger partial charge on any atom is -0.402 e. The van der Waals surface area contributed by atoms with E-state index in [-0.39, 0.29) is 17.3 Å². The highest BCUT2D eigenvalue weighted by Crippen LogP contribution is 2.25. The van der Waals surface area contributed by atoms with Gasteiger partial charge < -0.3 is 4.74 Å². The summed E-state index contributed by atoms with van der Waals surface area (Å²) in [5.41, 5.74) is 1.53. The molecule has 0 unspecified atom stereocenters.